The molecule has 0 aliphatic carbocycles. The minimum atomic E-state index is 0.0338. The Bertz CT molecular complexity index is 1890. The number of piperazine rings is 1. The number of nitrogens with zero attached hydrogens (tertiary/aromatic N) is 3. The first-order valence-electron chi connectivity index (χ1n) is 17.7. The molecule has 2 heterocycles. The topological polar surface area (TPSA) is 64.1 Å². The lowest BCUT2D eigenvalue weighted by molar-refractivity contribution is -0.127. The van der Waals surface area contributed by atoms with E-state index in [9.17, 15) is 4.79 Å². The number of carbonyl (C=O) groups excluding carboxylic acids is 1. The van der Waals surface area contributed by atoms with E-state index in [1.807, 2.05) is 54.3 Å². The van der Waals surface area contributed by atoms with Crippen LogP contribution in [0.25, 0.3) is 6.08 Å². The monoisotopic (exact) mass is 681 g/mol. The fourth-order valence-corrected chi connectivity index (χ4v) is 5.89. The number of carbonyl (C=O) groups is 1. The molecule has 1 aliphatic rings. The normalized spacial score (nSPS) is 13.5. The lowest BCUT2D eigenvalue weighted by Crippen LogP contribution is -2.47. The van der Waals surface area contributed by atoms with Gasteiger partial charge in [0, 0.05) is 44.9 Å². The SMILES string of the molecule is Cc1ccc(COc2ccc(Oc3ccc(/C=C/C(=O)N4CCN(Cc5ccc(COc6ccc(C(C)C)cc6)cc5)CC4)c(C)c3)nc2)cc1. The van der Waals surface area contributed by atoms with Crippen LogP contribution in [0.5, 0.6) is 23.1 Å². The molecule has 5 aromatic rings. The van der Waals surface area contributed by atoms with Gasteiger partial charge in [0.05, 0.1) is 6.20 Å². The fraction of sp³-hybridized carbons (Fsp3) is 0.273. The molecule has 0 radical (unpaired) electrons. The summed E-state index contributed by atoms with van der Waals surface area (Å²) in [7, 11) is 0. The summed E-state index contributed by atoms with van der Waals surface area (Å²) >= 11 is 0. The number of rotatable bonds is 13. The number of aryl methyl sites for hydroxylation is 2. The molecule has 1 aliphatic heterocycles. The van der Waals surface area contributed by atoms with Crippen molar-refractivity contribution >= 4 is 12.0 Å². The Labute approximate surface area is 302 Å². The molecule has 1 fully saturated rings. The van der Waals surface area contributed by atoms with Gasteiger partial charge in [-0.2, -0.15) is 0 Å². The van der Waals surface area contributed by atoms with Crippen LogP contribution in [0.15, 0.2) is 115 Å². The Hall–Kier alpha value is -5.40. The van der Waals surface area contributed by atoms with E-state index in [1.54, 1.807) is 18.3 Å². The van der Waals surface area contributed by atoms with Crippen molar-refractivity contribution in [1.29, 1.82) is 0 Å². The van der Waals surface area contributed by atoms with Crippen LogP contribution in [0, 0.1) is 13.8 Å². The van der Waals surface area contributed by atoms with Crippen molar-refractivity contribution in [2.24, 2.45) is 0 Å². The molecule has 1 amide bonds. The number of pyridine rings is 1. The van der Waals surface area contributed by atoms with Crippen LogP contribution in [0.3, 0.4) is 0 Å². The zero-order valence-electron chi connectivity index (χ0n) is 30.0. The minimum absolute atomic E-state index is 0.0338. The smallest absolute Gasteiger partial charge is 0.246 e. The highest BCUT2D eigenvalue weighted by atomic mass is 16.5. The molecule has 0 spiro atoms. The van der Waals surface area contributed by atoms with Gasteiger partial charge in [0.1, 0.15) is 30.5 Å². The van der Waals surface area contributed by atoms with Gasteiger partial charge in [-0.05, 0) is 89.6 Å². The largest absolute Gasteiger partial charge is 0.489 e. The first-order valence-corrected chi connectivity index (χ1v) is 17.7. The van der Waals surface area contributed by atoms with Gasteiger partial charge in [0.2, 0.25) is 11.8 Å². The summed E-state index contributed by atoms with van der Waals surface area (Å²) in [6.45, 7) is 13.5. The number of ether oxygens (including phenoxy) is 3. The number of benzene rings is 4. The standard InChI is InChI=1S/C44H47N3O4/c1-32(2)38-13-17-40(18-14-38)49-30-37-11-9-35(10-12-37)29-46-23-25-47(26-24-46)44(48)22-16-39-15-19-41(27-34(39)4)51-43-21-20-42(28-45-43)50-31-36-7-5-33(3)6-8-36/h5-22,27-28,32H,23-26,29-31H2,1-4H3/b22-16+. The van der Waals surface area contributed by atoms with E-state index in [0.717, 1.165) is 47.6 Å². The number of hydrogen-bond donors (Lipinski definition) is 0. The Morgan fingerprint density at radius 3 is 1.96 bits per heavy atom. The summed E-state index contributed by atoms with van der Waals surface area (Å²) in [4.78, 5) is 21.8. The molecular formula is C44H47N3O4. The Kier molecular flexibility index (Phi) is 11.8. The third-order valence-electron chi connectivity index (χ3n) is 9.17. The summed E-state index contributed by atoms with van der Waals surface area (Å²) in [5.74, 6) is 3.29. The van der Waals surface area contributed by atoms with Crippen LogP contribution in [0.4, 0.5) is 0 Å². The van der Waals surface area contributed by atoms with Crippen LogP contribution < -0.4 is 14.2 Å². The molecule has 1 saturated heterocycles. The Morgan fingerprint density at radius 2 is 1.33 bits per heavy atom. The predicted octanol–water partition coefficient (Wildman–Crippen LogP) is 9.13. The molecule has 7 nitrogen and oxygen atoms in total. The van der Waals surface area contributed by atoms with Crippen molar-refractivity contribution in [1.82, 2.24) is 14.8 Å². The maximum Gasteiger partial charge on any atom is 0.246 e. The maximum absolute atomic E-state index is 13.0. The van der Waals surface area contributed by atoms with Crippen molar-refractivity contribution in [3.63, 3.8) is 0 Å². The highest BCUT2D eigenvalue weighted by Crippen LogP contribution is 2.25. The van der Waals surface area contributed by atoms with Gasteiger partial charge in [-0.3, -0.25) is 9.69 Å². The van der Waals surface area contributed by atoms with Crippen LogP contribution in [-0.4, -0.2) is 46.9 Å². The Morgan fingerprint density at radius 1 is 0.725 bits per heavy atom. The summed E-state index contributed by atoms with van der Waals surface area (Å²) in [6.07, 6.45) is 5.23. The molecule has 7 heteroatoms. The predicted molar refractivity (Wildman–Crippen MR) is 203 cm³/mol. The lowest BCUT2D eigenvalue weighted by Gasteiger charge is -2.34. The highest BCUT2D eigenvalue weighted by molar-refractivity contribution is 5.92. The van der Waals surface area contributed by atoms with Crippen LogP contribution in [0.1, 0.15) is 58.7 Å². The summed E-state index contributed by atoms with van der Waals surface area (Å²) in [6, 6.07) is 34.7. The van der Waals surface area contributed by atoms with Crippen LogP contribution >= 0.6 is 0 Å². The average molecular weight is 682 g/mol. The second-order valence-corrected chi connectivity index (χ2v) is 13.5. The summed E-state index contributed by atoms with van der Waals surface area (Å²) in [5.41, 5.74) is 8.04. The van der Waals surface area contributed by atoms with Crippen molar-refractivity contribution in [2.75, 3.05) is 26.2 Å². The molecule has 0 N–H and O–H groups in total. The quantitative estimate of drug-likeness (QED) is 0.116. The average Bonchev–Trinajstić information content (AvgIpc) is 3.15. The van der Waals surface area contributed by atoms with Gasteiger partial charge >= 0.3 is 0 Å². The zero-order valence-corrected chi connectivity index (χ0v) is 30.0. The van der Waals surface area contributed by atoms with E-state index in [4.69, 9.17) is 14.2 Å². The van der Waals surface area contributed by atoms with E-state index in [0.29, 0.717) is 49.6 Å². The van der Waals surface area contributed by atoms with E-state index < -0.39 is 0 Å². The number of hydrogen-bond acceptors (Lipinski definition) is 6. The molecule has 0 atom stereocenters. The van der Waals surface area contributed by atoms with E-state index >= 15 is 0 Å². The number of amides is 1. The van der Waals surface area contributed by atoms with Gasteiger partial charge in [-0.15, -0.1) is 0 Å². The lowest BCUT2D eigenvalue weighted by atomic mass is 10.0. The third kappa shape index (κ3) is 10.3. The first-order chi connectivity index (χ1) is 24.8. The maximum atomic E-state index is 13.0. The second kappa shape index (κ2) is 17.0. The van der Waals surface area contributed by atoms with Gasteiger partial charge in [0.15, 0.2) is 0 Å². The number of aromatic nitrogens is 1. The summed E-state index contributed by atoms with van der Waals surface area (Å²) < 4.78 is 17.8. The molecule has 262 valence electrons. The van der Waals surface area contributed by atoms with E-state index in [2.05, 4.69) is 91.3 Å². The summed E-state index contributed by atoms with van der Waals surface area (Å²) in [5, 5.41) is 0. The first kappa shape index (κ1) is 35.4. The van der Waals surface area contributed by atoms with Crippen molar-refractivity contribution in [3.8, 4) is 23.1 Å². The molecule has 4 aromatic carbocycles. The van der Waals surface area contributed by atoms with Crippen molar-refractivity contribution < 1.29 is 19.0 Å². The van der Waals surface area contributed by atoms with E-state index in [1.165, 1.54) is 16.7 Å². The molecule has 0 bridgehead atoms. The Balaban J connectivity index is 0.917. The molecule has 0 unspecified atom stereocenters. The molecule has 1 aromatic heterocycles. The second-order valence-electron chi connectivity index (χ2n) is 13.5. The van der Waals surface area contributed by atoms with Crippen LogP contribution in [0.2, 0.25) is 0 Å². The van der Waals surface area contributed by atoms with Gasteiger partial charge in [-0.25, -0.2) is 4.98 Å². The van der Waals surface area contributed by atoms with Crippen LogP contribution in [-0.2, 0) is 24.6 Å². The minimum Gasteiger partial charge on any atom is -0.489 e. The zero-order chi connectivity index (χ0) is 35.6. The van der Waals surface area contributed by atoms with Gasteiger partial charge < -0.3 is 19.1 Å². The van der Waals surface area contributed by atoms with Crippen molar-refractivity contribution in [3.05, 3.63) is 154 Å². The fourth-order valence-electron chi connectivity index (χ4n) is 5.89. The van der Waals surface area contributed by atoms with E-state index in [-0.39, 0.29) is 5.91 Å². The molecule has 51 heavy (non-hydrogen) atoms. The molecular weight excluding hydrogens is 635 g/mol. The van der Waals surface area contributed by atoms with Gasteiger partial charge in [-0.1, -0.05) is 86.1 Å². The third-order valence-corrected chi connectivity index (χ3v) is 9.17. The van der Waals surface area contributed by atoms with Crippen molar-refractivity contribution in [2.45, 2.75) is 53.4 Å². The van der Waals surface area contributed by atoms with Gasteiger partial charge in [0.25, 0.3) is 0 Å². The highest BCUT2D eigenvalue weighted by Gasteiger charge is 2.20. The molecule has 6 rings (SSSR count). The molecule has 0 saturated carbocycles.